The molecule has 4 aromatic carbocycles. The Bertz CT molecular complexity index is 1740. The second-order valence-corrected chi connectivity index (χ2v) is 11.3. The summed E-state index contributed by atoms with van der Waals surface area (Å²) in [6.07, 6.45) is 0.817. The van der Waals surface area contributed by atoms with Gasteiger partial charge in [-0.3, -0.25) is 4.99 Å². The fourth-order valence-corrected chi connectivity index (χ4v) is 5.05. The van der Waals surface area contributed by atoms with Crippen molar-refractivity contribution in [1.82, 2.24) is 19.8 Å². The second-order valence-electron chi connectivity index (χ2n) is 11.3. The molecule has 2 heterocycles. The van der Waals surface area contributed by atoms with Crippen molar-refractivity contribution in [3.63, 3.8) is 0 Å². The Morgan fingerprint density at radius 3 is 2.05 bits per heavy atom. The van der Waals surface area contributed by atoms with Crippen LogP contribution in [0.25, 0.3) is 33.5 Å². The summed E-state index contributed by atoms with van der Waals surface area (Å²) in [6.45, 7) is 3.05. The third kappa shape index (κ3) is 6.38. The van der Waals surface area contributed by atoms with Crippen LogP contribution in [-0.2, 0) is 6.42 Å². The van der Waals surface area contributed by atoms with Gasteiger partial charge < -0.3 is 24.3 Å². The predicted octanol–water partition coefficient (Wildman–Crippen LogP) is 6.45. The minimum absolute atomic E-state index is 0.643. The molecule has 0 saturated carbocycles. The zero-order chi connectivity index (χ0) is 29.1. The molecule has 1 N–H and O–H groups in total. The van der Waals surface area contributed by atoms with Crippen LogP contribution in [0.4, 0.5) is 5.69 Å². The van der Waals surface area contributed by atoms with E-state index >= 15 is 0 Å². The number of hydrogen-bond donors (Lipinski definition) is 1. The van der Waals surface area contributed by atoms with Gasteiger partial charge in [0, 0.05) is 25.1 Å². The van der Waals surface area contributed by atoms with Crippen molar-refractivity contribution in [2.24, 2.45) is 4.99 Å². The Kier molecular flexibility index (Phi) is 8.04. The SMILES string of the molecule is CN(C)CCOc1cccc(C2=Nc3cc(-c4ccc5nc(-c6cccc(OCCN(C)C)c6)[nH]c5c4)ccc3C2)c1. The molecule has 214 valence electrons. The zero-order valence-corrected chi connectivity index (χ0v) is 24.7. The Labute approximate surface area is 247 Å². The van der Waals surface area contributed by atoms with Gasteiger partial charge >= 0.3 is 0 Å². The van der Waals surface area contributed by atoms with E-state index in [2.05, 4.69) is 69.4 Å². The van der Waals surface area contributed by atoms with E-state index in [0.717, 1.165) is 81.5 Å². The van der Waals surface area contributed by atoms with Crippen LogP contribution in [0.3, 0.4) is 0 Å². The summed E-state index contributed by atoms with van der Waals surface area (Å²) >= 11 is 0. The number of aliphatic imine (C=N–C) groups is 1. The van der Waals surface area contributed by atoms with Crippen molar-refractivity contribution in [2.45, 2.75) is 6.42 Å². The van der Waals surface area contributed by atoms with Crippen LogP contribution in [0, 0.1) is 0 Å². The fourth-order valence-electron chi connectivity index (χ4n) is 5.05. The molecule has 7 heteroatoms. The monoisotopic (exact) mass is 559 g/mol. The van der Waals surface area contributed by atoms with Gasteiger partial charge in [-0.25, -0.2) is 4.98 Å². The van der Waals surface area contributed by atoms with E-state index in [1.54, 1.807) is 0 Å². The van der Waals surface area contributed by atoms with Crippen LogP contribution in [0.15, 0.2) is 89.9 Å². The minimum atomic E-state index is 0.643. The smallest absolute Gasteiger partial charge is 0.138 e. The lowest BCUT2D eigenvalue weighted by molar-refractivity contribution is 0.261. The van der Waals surface area contributed by atoms with E-state index in [1.165, 1.54) is 5.56 Å². The van der Waals surface area contributed by atoms with E-state index < -0.39 is 0 Å². The van der Waals surface area contributed by atoms with Gasteiger partial charge in [0.05, 0.1) is 22.4 Å². The molecule has 0 radical (unpaired) electrons. The number of aromatic nitrogens is 2. The minimum Gasteiger partial charge on any atom is -0.492 e. The molecular weight excluding hydrogens is 522 g/mol. The standard InChI is InChI=1S/C35H37N5O2/c1-39(2)15-17-41-29-9-5-7-26(19-29)33-23-27-12-11-24(21-32(27)36-33)25-13-14-31-34(22-25)38-35(37-31)28-8-6-10-30(20-28)42-18-16-40(3)4/h5-14,19-22H,15-18,23H2,1-4H3,(H,37,38). The number of nitrogens with zero attached hydrogens (tertiary/aromatic N) is 4. The number of rotatable bonds is 11. The molecule has 0 fully saturated rings. The van der Waals surface area contributed by atoms with E-state index in [4.69, 9.17) is 19.5 Å². The molecule has 1 aromatic heterocycles. The number of hydrogen-bond acceptors (Lipinski definition) is 6. The van der Waals surface area contributed by atoms with Gasteiger partial charge in [0.1, 0.15) is 30.5 Å². The van der Waals surface area contributed by atoms with Gasteiger partial charge in [-0.1, -0.05) is 42.5 Å². The number of ether oxygens (including phenoxy) is 2. The topological polar surface area (TPSA) is 66.0 Å². The summed E-state index contributed by atoms with van der Waals surface area (Å²) in [5.74, 6) is 2.55. The number of fused-ring (bicyclic) bond motifs is 2. The maximum absolute atomic E-state index is 5.95. The molecule has 0 atom stereocenters. The van der Waals surface area contributed by atoms with Crippen LogP contribution < -0.4 is 9.47 Å². The Hall–Kier alpha value is -4.46. The van der Waals surface area contributed by atoms with Gasteiger partial charge in [0.2, 0.25) is 0 Å². The normalized spacial score (nSPS) is 12.7. The van der Waals surface area contributed by atoms with Gasteiger partial charge in [0.25, 0.3) is 0 Å². The predicted molar refractivity (Wildman–Crippen MR) is 171 cm³/mol. The van der Waals surface area contributed by atoms with Crippen LogP contribution in [0.5, 0.6) is 11.5 Å². The van der Waals surface area contributed by atoms with Gasteiger partial charge in [-0.05, 0) is 92.9 Å². The zero-order valence-electron chi connectivity index (χ0n) is 24.7. The van der Waals surface area contributed by atoms with Gasteiger partial charge in [-0.15, -0.1) is 0 Å². The van der Waals surface area contributed by atoms with E-state index in [-0.39, 0.29) is 0 Å². The van der Waals surface area contributed by atoms with E-state index in [1.807, 2.05) is 58.5 Å². The van der Waals surface area contributed by atoms with Gasteiger partial charge in [0.15, 0.2) is 0 Å². The molecular formula is C35H37N5O2. The Balaban J connectivity index is 1.20. The molecule has 42 heavy (non-hydrogen) atoms. The summed E-state index contributed by atoms with van der Waals surface area (Å²) in [7, 11) is 8.18. The number of H-pyrrole nitrogens is 1. The summed E-state index contributed by atoms with van der Waals surface area (Å²) < 4.78 is 11.9. The van der Waals surface area contributed by atoms with Crippen molar-refractivity contribution in [2.75, 3.05) is 54.5 Å². The molecule has 0 unspecified atom stereocenters. The van der Waals surface area contributed by atoms with Crippen LogP contribution >= 0.6 is 0 Å². The Morgan fingerprint density at radius 1 is 0.690 bits per heavy atom. The van der Waals surface area contributed by atoms with Crippen LogP contribution in [-0.4, -0.2) is 80.0 Å². The molecule has 7 nitrogen and oxygen atoms in total. The average molecular weight is 560 g/mol. The maximum atomic E-state index is 5.95. The van der Waals surface area contributed by atoms with Crippen molar-refractivity contribution in [1.29, 1.82) is 0 Å². The molecule has 1 aliphatic heterocycles. The molecule has 0 bridgehead atoms. The number of aromatic amines is 1. The quantitative estimate of drug-likeness (QED) is 0.201. The molecule has 0 spiro atoms. The highest BCUT2D eigenvalue weighted by Crippen LogP contribution is 2.35. The molecule has 0 saturated heterocycles. The van der Waals surface area contributed by atoms with Crippen LogP contribution in [0.2, 0.25) is 0 Å². The molecule has 1 aliphatic rings. The highest BCUT2D eigenvalue weighted by molar-refractivity contribution is 6.07. The number of benzene rings is 4. The van der Waals surface area contributed by atoms with Crippen LogP contribution in [0.1, 0.15) is 11.1 Å². The Morgan fingerprint density at radius 2 is 1.33 bits per heavy atom. The highest BCUT2D eigenvalue weighted by atomic mass is 16.5. The molecule has 0 aliphatic carbocycles. The van der Waals surface area contributed by atoms with Crippen molar-refractivity contribution in [3.8, 4) is 34.0 Å². The number of likely N-dealkylation sites (N-methyl/N-ethyl adjacent to an activating group) is 2. The second kappa shape index (κ2) is 12.2. The van der Waals surface area contributed by atoms with Gasteiger partial charge in [-0.2, -0.15) is 0 Å². The summed E-state index contributed by atoms with van der Waals surface area (Å²) in [5, 5.41) is 0. The largest absolute Gasteiger partial charge is 0.492 e. The number of nitrogens with one attached hydrogen (secondary N) is 1. The third-order valence-corrected chi connectivity index (χ3v) is 7.40. The summed E-state index contributed by atoms with van der Waals surface area (Å²) in [4.78, 5) is 17.6. The maximum Gasteiger partial charge on any atom is 0.138 e. The van der Waals surface area contributed by atoms with Crippen molar-refractivity contribution >= 4 is 22.4 Å². The lowest BCUT2D eigenvalue weighted by atomic mass is 10.00. The first-order valence-electron chi connectivity index (χ1n) is 14.4. The molecule has 5 aromatic rings. The molecule has 0 amide bonds. The first-order valence-corrected chi connectivity index (χ1v) is 14.4. The average Bonchev–Trinajstić information content (AvgIpc) is 3.61. The van der Waals surface area contributed by atoms with E-state index in [9.17, 15) is 0 Å². The van der Waals surface area contributed by atoms with Crippen molar-refractivity contribution in [3.05, 3.63) is 96.1 Å². The first kappa shape index (κ1) is 27.7. The summed E-state index contributed by atoms with van der Waals surface area (Å²) in [5.41, 5.74) is 9.63. The highest BCUT2D eigenvalue weighted by Gasteiger charge is 2.18. The number of imidazole rings is 1. The third-order valence-electron chi connectivity index (χ3n) is 7.40. The summed E-state index contributed by atoms with van der Waals surface area (Å²) in [6, 6.07) is 29.3. The van der Waals surface area contributed by atoms with E-state index in [0.29, 0.717) is 13.2 Å². The van der Waals surface area contributed by atoms with Crippen molar-refractivity contribution < 1.29 is 9.47 Å². The lowest BCUT2D eigenvalue weighted by Gasteiger charge is -2.11. The lowest BCUT2D eigenvalue weighted by Crippen LogP contribution is -2.19. The first-order chi connectivity index (χ1) is 20.4. The fraction of sp³-hybridized carbons (Fsp3) is 0.257. The molecule has 6 rings (SSSR count).